The molecule has 5 nitrogen and oxygen atoms in total. The van der Waals surface area contributed by atoms with Crippen LogP contribution in [0.1, 0.15) is 5.56 Å². The maximum absolute atomic E-state index is 11.9. The van der Waals surface area contributed by atoms with Crippen molar-refractivity contribution in [3.63, 3.8) is 0 Å². The van der Waals surface area contributed by atoms with Gasteiger partial charge < -0.3 is 20.3 Å². The Morgan fingerprint density at radius 3 is 3.20 bits per heavy atom. The van der Waals surface area contributed by atoms with E-state index in [2.05, 4.69) is 39.8 Å². The molecule has 1 atom stereocenters. The highest BCUT2D eigenvalue weighted by Gasteiger charge is 2.22. The lowest BCUT2D eigenvalue weighted by Crippen LogP contribution is -2.49. The minimum Gasteiger partial charge on any atom is -0.369 e. The van der Waals surface area contributed by atoms with E-state index in [1.54, 1.807) is 0 Å². The number of carbonyl (C=O) groups excluding carboxylic acids is 1. The van der Waals surface area contributed by atoms with Crippen molar-refractivity contribution in [2.75, 3.05) is 44.2 Å². The first-order chi connectivity index (χ1) is 9.84. The fourth-order valence-corrected chi connectivity index (χ4v) is 2.80. The second-order valence-corrected chi connectivity index (χ2v) is 5.22. The van der Waals surface area contributed by atoms with Crippen LogP contribution < -0.4 is 15.5 Å². The Morgan fingerprint density at radius 2 is 2.35 bits per heavy atom. The SMILES string of the molecule is O=C(NCCN1CCc2ccccc21)[C@H]1CNCCO1. The van der Waals surface area contributed by atoms with Gasteiger partial charge in [-0.3, -0.25) is 4.79 Å². The number of benzene rings is 1. The minimum absolute atomic E-state index is 0.00955. The van der Waals surface area contributed by atoms with E-state index >= 15 is 0 Å². The molecule has 1 aromatic carbocycles. The zero-order valence-corrected chi connectivity index (χ0v) is 11.6. The van der Waals surface area contributed by atoms with E-state index in [9.17, 15) is 4.79 Å². The van der Waals surface area contributed by atoms with Crippen LogP contribution in [0.25, 0.3) is 0 Å². The molecule has 1 saturated heterocycles. The molecule has 0 aromatic heterocycles. The summed E-state index contributed by atoms with van der Waals surface area (Å²) in [4.78, 5) is 14.3. The zero-order valence-electron chi connectivity index (χ0n) is 11.6. The summed E-state index contributed by atoms with van der Waals surface area (Å²) >= 11 is 0. The maximum atomic E-state index is 11.9. The Bertz CT molecular complexity index is 472. The zero-order chi connectivity index (χ0) is 13.8. The molecular formula is C15H21N3O2. The van der Waals surface area contributed by atoms with Crippen LogP contribution in [0.3, 0.4) is 0 Å². The molecule has 2 aliphatic heterocycles. The smallest absolute Gasteiger partial charge is 0.250 e. The summed E-state index contributed by atoms with van der Waals surface area (Å²) in [6.45, 7) is 4.59. The summed E-state index contributed by atoms with van der Waals surface area (Å²) in [6, 6.07) is 8.47. The number of hydrogen-bond acceptors (Lipinski definition) is 4. The van der Waals surface area contributed by atoms with Crippen LogP contribution in [-0.2, 0) is 16.0 Å². The van der Waals surface area contributed by atoms with Crippen LogP contribution in [0.15, 0.2) is 24.3 Å². The first-order valence-electron chi connectivity index (χ1n) is 7.27. The van der Waals surface area contributed by atoms with Crippen molar-refractivity contribution < 1.29 is 9.53 Å². The lowest BCUT2D eigenvalue weighted by Gasteiger charge is -2.24. The van der Waals surface area contributed by atoms with Gasteiger partial charge in [0.1, 0.15) is 6.10 Å². The fourth-order valence-electron chi connectivity index (χ4n) is 2.80. The summed E-state index contributed by atoms with van der Waals surface area (Å²) in [6.07, 6.45) is 0.759. The summed E-state index contributed by atoms with van der Waals surface area (Å²) in [7, 11) is 0. The van der Waals surface area contributed by atoms with Gasteiger partial charge in [0.15, 0.2) is 0 Å². The highest BCUT2D eigenvalue weighted by atomic mass is 16.5. The Balaban J connectivity index is 1.45. The average Bonchev–Trinajstić information content (AvgIpc) is 2.92. The first kappa shape index (κ1) is 13.4. The van der Waals surface area contributed by atoms with Gasteiger partial charge in [-0.1, -0.05) is 18.2 Å². The van der Waals surface area contributed by atoms with Gasteiger partial charge in [-0.15, -0.1) is 0 Å². The molecule has 5 heteroatoms. The number of anilines is 1. The number of rotatable bonds is 4. The Hall–Kier alpha value is -1.59. The van der Waals surface area contributed by atoms with Crippen LogP contribution in [0.4, 0.5) is 5.69 Å². The van der Waals surface area contributed by atoms with E-state index in [1.807, 2.05) is 0 Å². The molecule has 20 heavy (non-hydrogen) atoms. The van der Waals surface area contributed by atoms with Crippen LogP contribution in [0.2, 0.25) is 0 Å². The minimum atomic E-state index is -0.338. The summed E-state index contributed by atoms with van der Waals surface area (Å²) in [5.41, 5.74) is 2.70. The number of nitrogens with zero attached hydrogens (tertiary/aromatic N) is 1. The van der Waals surface area contributed by atoms with Crippen LogP contribution >= 0.6 is 0 Å². The summed E-state index contributed by atoms with van der Waals surface area (Å²) in [5, 5.41) is 6.13. The fraction of sp³-hybridized carbons (Fsp3) is 0.533. The number of para-hydroxylation sites is 1. The van der Waals surface area contributed by atoms with Crippen molar-refractivity contribution in [1.29, 1.82) is 0 Å². The van der Waals surface area contributed by atoms with E-state index in [4.69, 9.17) is 4.74 Å². The number of fused-ring (bicyclic) bond motifs is 1. The van der Waals surface area contributed by atoms with Gasteiger partial charge in [0, 0.05) is 38.4 Å². The Morgan fingerprint density at radius 1 is 1.45 bits per heavy atom. The molecule has 2 N–H and O–H groups in total. The third kappa shape index (κ3) is 2.94. The number of amides is 1. The molecule has 1 aromatic rings. The second kappa shape index (κ2) is 6.24. The molecule has 3 rings (SSSR count). The van der Waals surface area contributed by atoms with Crippen molar-refractivity contribution >= 4 is 11.6 Å². The molecule has 1 fully saturated rings. The lowest BCUT2D eigenvalue weighted by molar-refractivity contribution is -0.134. The van der Waals surface area contributed by atoms with Crippen LogP contribution in [-0.4, -0.2) is 51.3 Å². The molecule has 0 aliphatic carbocycles. The topological polar surface area (TPSA) is 53.6 Å². The average molecular weight is 275 g/mol. The number of hydrogen-bond donors (Lipinski definition) is 2. The van der Waals surface area contributed by atoms with Gasteiger partial charge in [0.2, 0.25) is 0 Å². The summed E-state index contributed by atoms with van der Waals surface area (Å²) < 4.78 is 5.43. The van der Waals surface area contributed by atoms with Crippen molar-refractivity contribution in [3.8, 4) is 0 Å². The third-order valence-electron chi connectivity index (χ3n) is 3.88. The van der Waals surface area contributed by atoms with Crippen LogP contribution in [0, 0.1) is 0 Å². The van der Waals surface area contributed by atoms with Crippen molar-refractivity contribution in [3.05, 3.63) is 29.8 Å². The predicted molar refractivity (Wildman–Crippen MR) is 78.0 cm³/mol. The highest BCUT2D eigenvalue weighted by Crippen LogP contribution is 2.26. The molecule has 0 bridgehead atoms. The molecule has 0 radical (unpaired) electrons. The maximum Gasteiger partial charge on any atom is 0.250 e. The second-order valence-electron chi connectivity index (χ2n) is 5.22. The summed E-state index contributed by atoms with van der Waals surface area (Å²) in [5.74, 6) is -0.00955. The Kier molecular flexibility index (Phi) is 4.18. The van der Waals surface area contributed by atoms with Gasteiger partial charge in [0.05, 0.1) is 6.61 Å². The largest absolute Gasteiger partial charge is 0.369 e. The third-order valence-corrected chi connectivity index (χ3v) is 3.88. The normalized spacial score (nSPS) is 21.6. The van der Waals surface area contributed by atoms with E-state index in [0.717, 1.165) is 26.1 Å². The standard InChI is InChI=1S/C15H21N3O2/c19-15(14-11-16-7-10-20-14)17-6-9-18-8-5-12-3-1-2-4-13(12)18/h1-4,14,16H,5-11H2,(H,17,19)/t14-/m1/s1. The quantitative estimate of drug-likeness (QED) is 0.821. The van der Waals surface area contributed by atoms with Gasteiger partial charge in [-0.05, 0) is 18.1 Å². The molecule has 0 saturated carbocycles. The highest BCUT2D eigenvalue weighted by molar-refractivity contribution is 5.81. The predicted octanol–water partition coefficient (Wildman–Crippen LogP) is 0.154. The molecule has 0 spiro atoms. The van der Waals surface area contributed by atoms with Crippen molar-refractivity contribution in [1.82, 2.24) is 10.6 Å². The van der Waals surface area contributed by atoms with Crippen LogP contribution in [0.5, 0.6) is 0 Å². The molecular weight excluding hydrogens is 254 g/mol. The van der Waals surface area contributed by atoms with Gasteiger partial charge >= 0.3 is 0 Å². The van der Waals surface area contributed by atoms with E-state index < -0.39 is 0 Å². The van der Waals surface area contributed by atoms with E-state index in [-0.39, 0.29) is 12.0 Å². The van der Waals surface area contributed by atoms with E-state index in [0.29, 0.717) is 19.7 Å². The number of morpholine rings is 1. The van der Waals surface area contributed by atoms with Gasteiger partial charge in [-0.2, -0.15) is 0 Å². The molecule has 108 valence electrons. The molecule has 2 aliphatic rings. The van der Waals surface area contributed by atoms with Crippen molar-refractivity contribution in [2.45, 2.75) is 12.5 Å². The number of nitrogens with one attached hydrogen (secondary N) is 2. The monoisotopic (exact) mass is 275 g/mol. The van der Waals surface area contributed by atoms with Gasteiger partial charge in [-0.25, -0.2) is 0 Å². The van der Waals surface area contributed by atoms with Gasteiger partial charge in [0.25, 0.3) is 5.91 Å². The number of ether oxygens (including phenoxy) is 1. The molecule has 0 unspecified atom stereocenters. The molecule has 2 heterocycles. The lowest BCUT2D eigenvalue weighted by atomic mass is 10.2. The first-order valence-corrected chi connectivity index (χ1v) is 7.27. The van der Waals surface area contributed by atoms with Crippen molar-refractivity contribution in [2.24, 2.45) is 0 Å². The number of carbonyl (C=O) groups is 1. The molecule has 1 amide bonds. The van der Waals surface area contributed by atoms with E-state index in [1.165, 1.54) is 11.3 Å². The Labute approximate surface area is 119 Å².